The molecule has 0 nitrogen and oxygen atoms in total. The third-order valence-corrected chi connectivity index (χ3v) is 1.86. The van der Waals surface area contributed by atoms with Crippen molar-refractivity contribution in [3.05, 3.63) is 11.7 Å². The van der Waals surface area contributed by atoms with Gasteiger partial charge in [-0.1, -0.05) is 0 Å². The molecule has 0 heterocycles. The van der Waals surface area contributed by atoms with Crippen LogP contribution in [0.15, 0.2) is 11.7 Å². The van der Waals surface area contributed by atoms with Gasteiger partial charge in [0, 0.05) is 0 Å². The Bertz CT molecular complexity index is 249. The van der Waals surface area contributed by atoms with Crippen molar-refractivity contribution in [2.24, 2.45) is 0 Å². The highest BCUT2D eigenvalue weighted by Gasteiger charge is 2.78. The molecule has 0 saturated carbocycles. The van der Waals surface area contributed by atoms with Crippen LogP contribution in [0.25, 0.3) is 0 Å². The van der Waals surface area contributed by atoms with Crippen LogP contribution in [0.2, 0.25) is 0 Å². The molecule has 0 aromatic heterocycles. The first-order valence-corrected chi connectivity index (χ1v) is 3.07. The van der Waals surface area contributed by atoms with Crippen molar-refractivity contribution in [2.45, 2.75) is 24.4 Å². The Kier molecular flexibility index (Phi) is 1.74. The fourth-order valence-corrected chi connectivity index (χ4v) is 0.914. The van der Waals surface area contributed by atoms with Gasteiger partial charge in [-0.15, -0.1) is 0 Å². The van der Waals surface area contributed by atoms with Crippen molar-refractivity contribution in [2.75, 3.05) is 0 Å². The average Bonchev–Trinajstić information content (AvgIpc) is 2.05. The molecule has 13 heavy (non-hydrogen) atoms. The third-order valence-electron chi connectivity index (χ3n) is 1.86. The van der Waals surface area contributed by atoms with Gasteiger partial charge in [0.1, 0.15) is 0 Å². The lowest BCUT2D eigenvalue weighted by Crippen LogP contribution is -2.49. The highest BCUT2D eigenvalue weighted by atomic mass is 19.3. The summed E-state index contributed by atoms with van der Waals surface area (Å²) in [5, 5.41) is 0. The Morgan fingerprint density at radius 2 is 1.23 bits per heavy atom. The lowest BCUT2D eigenvalue weighted by molar-refractivity contribution is -0.231. The first kappa shape index (κ1) is 10.3. The zero-order valence-electron chi connectivity index (χ0n) is 6.15. The van der Waals surface area contributed by atoms with Crippen LogP contribution in [-0.4, -0.2) is 17.5 Å². The molecule has 0 radical (unpaired) electrons. The highest BCUT2D eigenvalue weighted by molar-refractivity contribution is 5.34. The number of hydrogen-bond acceptors (Lipinski definition) is 0. The molecule has 0 bridgehead atoms. The summed E-state index contributed by atoms with van der Waals surface area (Å²) in [7, 11) is 0. The topological polar surface area (TPSA) is 0 Å². The molecule has 7 heteroatoms. The summed E-state index contributed by atoms with van der Waals surface area (Å²) < 4.78 is 86.1. The van der Waals surface area contributed by atoms with Gasteiger partial charge in [0.25, 0.3) is 0 Å². The Hall–Kier alpha value is -0.750. The summed E-state index contributed by atoms with van der Waals surface area (Å²) in [5.41, 5.74) is -4.29. The van der Waals surface area contributed by atoms with Gasteiger partial charge in [0.15, 0.2) is 5.83 Å². The number of rotatable bonds is 0. The normalized spacial score (nSPS) is 36.9. The van der Waals surface area contributed by atoms with Gasteiger partial charge in [-0.3, -0.25) is 0 Å². The van der Waals surface area contributed by atoms with Gasteiger partial charge < -0.3 is 0 Å². The van der Waals surface area contributed by atoms with Crippen molar-refractivity contribution < 1.29 is 30.7 Å². The molecule has 0 fully saturated rings. The predicted octanol–water partition coefficient (Wildman–Crippen LogP) is 3.15. The van der Waals surface area contributed by atoms with Gasteiger partial charge in [0.2, 0.25) is 11.5 Å². The third kappa shape index (κ3) is 0.871. The van der Waals surface area contributed by atoms with Crippen LogP contribution in [-0.2, 0) is 0 Å². The molecule has 0 aromatic carbocycles. The molecule has 0 spiro atoms. The molecular formula is C6H3F7. The molecule has 76 valence electrons. The van der Waals surface area contributed by atoms with Gasteiger partial charge >= 0.3 is 11.8 Å². The van der Waals surface area contributed by atoms with E-state index >= 15 is 0 Å². The van der Waals surface area contributed by atoms with E-state index in [1.54, 1.807) is 0 Å². The Balaban J connectivity index is 3.39. The van der Waals surface area contributed by atoms with Crippen molar-refractivity contribution in [3.8, 4) is 0 Å². The van der Waals surface area contributed by atoms with Gasteiger partial charge in [-0.2, -0.15) is 17.6 Å². The molecule has 0 amide bonds. The van der Waals surface area contributed by atoms with E-state index in [4.69, 9.17) is 0 Å². The Labute approximate surface area is 68.0 Å². The summed E-state index contributed by atoms with van der Waals surface area (Å²) in [4.78, 5) is 0. The van der Waals surface area contributed by atoms with Crippen LogP contribution < -0.4 is 0 Å². The lowest BCUT2D eigenvalue weighted by Gasteiger charge is -2.25. The van der Waals surface area contributed by atoms with Crippen LogP contribution in [0.5, 0.6) is 0 Å². The molecule has 0 aromatic rings. The minimum Gasteiger partial charge on any atom is -0.229 e. The lowest BCUT2D eigenvalue weighted by atomic mass is 10.0. The first-order chi connectivity index (χ1) is 5.57. The van der Waals surface area contributed by atoms with E-state index < -0.39 is 29.2 Å². The molecule has 1 unspecified atom stereocenters. The number of hydrogen-bond donors (Lipinski definition) is 0. The second-order valence-corrected chi connectivity index (χ2v) is 2.78. The van der Waals surface area contributed by atoms with Crippen LogP contribution in [0.1, 0.15) is 6.92 Å². The molecule has 1 rings (SSSR count). The van der Waals surface area contributed by atoms with Crippen LogP contribution in [0, 0.1) is 0 Å². The summed E-state index contributed by atoms with van der Waals surface area (Å²) in [6, 6.07) is 0. The quantitative estimate of drug-likeness (QED) is 0.536. The Morgan fingerprint density at radius 3 is 1.31 bits per heavy atom. The van der Waals surface area contributed by atoms with E-state index in [1.807, 2.05) is 0 Å². The van der Waals surface area contributed by atoms with E-state index in [0.717, 1.165) is 0 Å². The maximum atomic E-state index is 12.6. The summed E-state index contributed by atoms with van der Waals surface area (Å²) in [6.07, 6.45) is 0. The van der Waals surface area contributed by atoms with Gasteiger partial charge in [0.05, 0.1) is 0 Å². The minimum atomic E-state index is -5.42. The van der Waals surface area contributed by atoms with E-state index in [0.29, 0.717) is 0 Å². The summed E-state index contributed by atoms with van der Waals surface area (Å²) in [6.45, 7) is -0.136. The second-order valence-electron chi connectivity index (χ2n) is 2.78. The molecule has 1 atom stereocenters. The number of alkyl halides is 5. The molecule has 1 aliphatic carbocycles. The van der Waals surface area contributed by atoms with Crippen LogP contribution in [0.4, 0.5) is 30.7 Å². The predicted molar refractivity (Wildman–Crippen MR) is 28.6 cm³/mol. The molecule has 0 N–H and O–H groups in total. The molecule has 1 aliphatic rings. The van der Waals surface area contributed by atoms with Crippen LogP contribution >= 0.6 is 0 Å². The average molecular weight is 208 g/mol. The van der Waals surface area contributed by atoms with E-state index in [9.17, 15) is 30.7 Å². The molecular weight excluding hydrogens is 205 g/mol. The largest absolute Gasteiger partial charge is 0.367 e. The Morgan fingerprint density at radius 1 is 0.846 bits per heavy atom. The van der Waals surface area contributed by atoms with Crippen molar-refractivity contribution in [3.63, 3.8) is 0 Å². The van der Waals surface area contributed by atoms with Crippen LogP contribution in [0.3, 0.4) is 0 Å². The SMILES string of the molecule is CC1(F)C(F)=C(F)C(F)(F)C1(F)F. The standard InChI is InChI=1S/C6H3F7/c1-4(9)2(7)3(8)5(10,11)6(4,12)13/h1H3. The van der Waals surface area contributed by atoms with E-state index in [2.05, 4.69) is 0 Å². The fourth-order valence-electron chi connectivity index (χ4n) is 0.914. The number of halogens is 7. The second kappa shape index (κ2) is 2.19. The zero-order chi connectivity index (χ0) is 10.7. The smallest absolute Gasteiger partial charge is 0.229 e. The van der Waals surface area contributed by atoms with Crippen molar-refractivity contribution >= 4 is 0 Å². The van der Waals surface area contributed by atoms with Gasteiger partial charge in [-0.05, 0) is 6.92 Å². The monoisotopic (exact) mass is 208 g/mol. The summed E-state index contributed by atoms with van der Waals surface area (Å²) >= 11 is 0. The minimum absolute atomic E-state index is 0.136. The van der Waals surface area contributed by atoms with E-state index in [-0.39, 0.29) is 6.92 Å². The maximum absolute atomic E-state index is 12.6. The fraction of sp³-hybridized carbons (Fsp3) is 0.667. The van der Waals surface area contributed by atoms with Crippen molar-refractivity contribution in [1.29, 1.82) is 0 Å². The van der Waals surface area contributed by atoms with Crippen molar-refractivity contribution in [1.82, 2.24) is 0 Å². The molecule has 0 aliphatic heterocycles. The van der Waals surface area contributed by atoms with E-state index in [1.165, 1.54) is 0 Å². The summed E-state index contributed by atoms with van der Waals surface area (Å²) in [5.74, 6) is -16.6. The first-order valence-electron chi connectivity index (χ1n) is 3.07. The highest BCUT2D eigenvalue weighted by Crippen LogP contribution is 2.58. The molecule has 0 saturated heterocycles. The number of allylic oxidation sites excluding steroid dienone is 2. The zero-order valence-corrected chi connectivity index (χ0v) is 6.15. The van der Waals surface area contributed by atoms with Gasteiger partial charge in [-0.25, -0.2) is 13.2 Å². The maximum Gasteiger partial charge on any atom is 0.367 e.